The number of aromatic nitrogens is 2. The van der Waals surface area contributed by atoms with E-state index in [9.17, 15) is 4.79 Å². The highest BCUT2D eigenvalue weighted by molar-refractivity contribution is 6.32. The molecule has 0 saturated carbocycles. The van der Waals surface area contributed by atoms with Gasteiger partial charge in [0.05, 0.1) is 22.8 Å². The van der Waals surface area contributed by atoms with Gasteiger partial charge in [-0.1, -0.05) is 32.4 Å². The molecule has 1 atom stereocenters. The molecule has 0 fully saturated rings. The van der Waals surface area contributed by atoms with E-state index in [2.05, 4.69) is 10.4 Å². The highest BCUT2D eigenvalue weighted by Gasteiger charge is 2.20. The van der Waals surface area contributed by atoms with Crippen molar-refractivity contribution in [2.24, 2.45) is 5.92 Å². The fourth-order valence-electron chi connectivity index (χ4n) is 2.00. The lowest BCUT2D eigenvalue weighted by molar-refractivity contribution is -0.121. The van der Waals surface area contributed by atoms with Crippen LogP contribution in [0.25, 0.3) is 0 Å². The first-order valence-electron chi connectivity index (χ1n) is 7.02. The molecule has 1 aromatic rings. The Morgan fingerprint density at radius 2 is 2.11 bits per heavy atom. The standard InChI is InChI=1S/C14H24ClN3O/c1-5-11-14(15)12(18(7-3)17-11)8-13(19)10(4)9-16-6-2/h10,16H,5-9H2,1-4H3. The summed E-state index contributed by atoms with van der Waals surface area (Å²) >= 11 is 6.31. The molecule has 0 aliphatic rings. The van der Waals surface area contributed by atoms with Crippen LogP contribution in [0.1, 0.15) is 39.1 Å². The predicted octanol–water partition coefficient (Wildman–Crippen LogP) is 2.48. The molecular weight excluding hydrogens is 262 g/mol. The van der Waals surface area contributed by atoms with Gasteiger partial charge in [-0.25, -0.2) is 0 Å². The van der Waals surface area contributed by atoms with E-state index in [1.165, 1.54) is 0 Å². The Morgan fingerprint density at radius 1 is 1.42 bits per heavy atom. The molecule has 1 N–H and O–H groups in total. The van der Waals surface area contributed by atoms with Crippen LogP contribution in [0.5, 0.6) is 0 Å². The second-order valence-electron chi connectivity index (χ2n) is 4.73. The van der Waals surface area contributed by atoms with Crippen molar-refractivity contribution >= 4 is 17.4 Å². The largest absolute Gasteiger partial charge is 0.316 e. The quantitative estimate of drug-likeness (QED) is 0.798. The molecule has 0 saturated heterocycles. The van der Waals surface area contributed by atoms with Crippen LogP contribution in [-0.2, 0) is 24.2 Å². The lowest BCUT2D eigenvalue weighted by Gasteiger charge is -2.11. The van der Waals surface area contributed by atoms with Crippen LogP contribution in [0.3, 0.4) is 0 Å². The number of hydrogen-bond donors (Lipinski definition) is 1. The lowest BCUT2D eigenvalue weighted by Crippen LogP contribution is -2.27. The fourth-order valence-corrected chi connectivity index (χ4v) is 2.34. The van der Waals surface area contributed by atoms with Gasteiger partial charge in [-0.2, -0.15) is 5.10 Å². The maximum atomic E-state index is 12.2. The van der Waals surface area contributed by atoms with E-state index in [0.29, 0.717) is 18.0 Å². The molecule has 1 rings (SSSR count). The molecule has 0 bridgehead atoms. The SMILES string of the molecule is CCNCC(C)C(=O)Cc1c(Cl)c(CC)nn1CC. The van der Waals surface area contributed by atoms with Gasteiger partial charge < -0.3 is 5.32 Å². The number of carbonyl (C=O) groups is 1. The Bertz CT molecular complexity index is 429. The van der Waals surface area contributed by atoms with Crippen molar-refractivity contribution in [3.63, 3.8) is 0 Å². The Labute approximate surface area is 120 Å². The van der Waals surface area contributed by atoms with E-state index in [-0.39, 0.29) is 11.7 Å². The van der Waals surface area contributed by atoms with Crippen LogP contribution in [-0.4, -0.2) is 28.7 Å². The van der Waals surface area contributed by atoms with Crippen LogP contribution in [0.15, 0.2) is 0 Å². The van der Waals surface area contributed by atoms with E-state index in [4.69, 9.17) is 11.6 Å². The van der Waals surface area contributed by atoms with Crippen molar-refractivity contribution < 1.29 is 4.79 Å². The third kappa shape index (κ3) is 4.05. The second-order valence-corrected chi connectivity index (χ2v) is 5.11. The van der Waals surface area contributed by atoms with Crippen LogP contribution in [0, 0.1) is 5.92 Å². The molecule has 5 heteroatoms. The first-order chi connectivity index (χ1) is 9.04. The van der Waals surface area contributed by atoms with Gasteiger partial charge >= 0.3 is 0 Å². The number of hydrogen-bond acceptors (Lipinski definition) is 3. The van der Waals surface area contributed by atoms with Gasteiger partial charge in [-0.3, -0.25) is 9.48 Å². The molecule has 0 aliphatic carbocycles. The number of aryl methyl sites for hydroxylation is 2. The van der Waals surface area contributed by atoms with Gasteiger partial charge in [0.2, 0.25) is 0 Å². The normalized spacial score (nSPS) is 12.7. The number of carbonyl (C=O) groups excluding carboxylic acids is 1. The first kappa shape index (κ1) is 16.2. The number of halogens is 1. The van der Waals surface area contributed by atoms with Crippen molar-refractivity contribution in [1.29, 1.82) is 0 Å². The van der Waals surface area contributed by atoms with Gasteiger partial charge in [0.1, 0.15) is 5.78 Å². The summed E-state index contributed by atoms with van der Waals surface area (Å²) in [4.78, 5) is 12.2. The zero-order valence-corrected chi connectivity index (χ0v) is 13.0. The lowest BCUT2D eigenvalue weighted by atomic mass is 10.0. The molecule has 4 nitrogen and oxygen atoms in total. The highest BCUT2D eigenvalue weighted by atomic mass is 35.5. The molecule has 1 heterocycles. The molecular formula is C14H24ClN3O. The van der Waals surface area contributed by atoms with Gasteiger partial charge in [-0.05, 0) is 19.9 Å². The minimum Gasteiger partial charge on any atom is -0.316 e. The Hall–Kier alpha value is -0.870. The summed E-state index contributed by atoms with van der Waals surface area (Å²) in [6, 6.07) is 0. The van der Waals surface area contributed by atoms with Gasteiger partial charge in [0, 0.05) is 19.0 Å². The van der Waals surface area contributed by atoms with Crippen molar-refractivity contribution in [1.82, 2.24) is 15.1 Å². The molecule has 0 aromatic carbocycles. The summed E-state index contributed by atoms with van der Waals surface area (Å²) in [6.45, 7) is 10.4. The van der Waals surface area contributed by atoms with E-state index < -0.39 is 0 Å². The molecule has 0 aliphatic heterocycles. The number of rotatable bonds is 8. The predicted molar refractivity (Wildman–Crippen MR) is 78.7 cm³/mol. The maximum absolute atomic E-state index is 12.2. The van der Waals surface area contributed by atoms with Crippen molar-refractivity contribution in [2.75, 3.05) is 13.1 Å². The fraction of sp³-hybridized carbons (Fsp3) is 0.714. The summed E-state index contributed by atoms with van der Waals surface area (Å²) in [5, 5.41) is 8.30. The summed E-state index contributed by atoms with van der Waals surface area (Å²) in [5.74, 6) is 0.210. The average molecular weight is 286 g/mol. The van der Waals surface area contributed by atoms with Crippen molar-refractivity contribution in [2.45, 2.75) is 47.1 Å². The van der Waals surface area contributed by atoms with Crippen LogP contribution in [0.2, 0.25) is 5.02 Å². The zero-order valence-electron chi connectivity index (χ0n) is 12.3. The molecule has 108 valence electrons. The zero-order chi connectivity index (χ0) is 14.4. The smallest absolute Gasteiger partial charge is 0.142 e. The van der Waals surface area contributed by atoms with Crippen molar-refractivity contribution in [3.05, 3.63) is 16.4 Å². The summed E-state index contributed by atoms with van der Waals surface area (Å²) in [5.41, 5.74) is 1.74. The van der Waals surface area contributed by atoms with Crippen molar-refractivity contribution in [3.8, 4) is 0 Å². The minimum absolute atomic E-state index is 0.00120. The molecule has 0 amide bonds. The number of Topliss-reactive ketones (excluding diaryl/α,β-unsaturated/α-hetero) is 1. The third-order valence-corrected chi connectivity index (χ3v) is 3.72. The van der Waals surface area contributed by atoms with E-state index >= 15 is 0 Å². The minimum atomic E-state index is 0.00120. The summed E-state index contributed by atoms with van der Waals surface area (Å²) in [7, 11) is 0. The molecule has 19 heavy (non-hydrogen) atoms. The monoisotopic (exact) mass is 285 g/mol. The Balaban J connectivity index is 2.81. The number of nitrogens with zero attached hydrogens (tertiary/aromatic N) is 2. The topological polar surface area (TPSA) is 46.9 Å². The van der Waals surface area contributed by atoms with E-state index in [1.807, 2.05) is 32.4 Å². The summed E-state index contributed by atoms with van der Waals surface area (Å²) in [6.07, 6.45) is 1.16. The first-order valence-corrected chi connectivity index (χ1v) is 7.40. The van der Waals surface area contributed by atoms with Crippen LogP contribution < -0.4 is 5.32 Å². The molecule has 0 spiro atoms. The van der Waals surface area contributed by atoms with Crippen LogP contribution >= 0.6 is 11.6 Å². The van der Waals surface area contributed by atoms with E-state index in [1.54, 1.807) is 0 Å². The van der Waals surface area contributed by atoms with Gasteiger partial charge in [0.25, 0.3) is 0 Å². The molecule has 0 radical (unpaired) electrons. The molecule has 1 aromatic heterocycles. The average Bonchev–Trinajstić information content (AvgIpc) is 2.72. The third-order valence-electron chi connectivity index (χ3n) is 3.29. The second kappa shape index (κ2) is 7.65. The van der Waals surface area contributed by atoms with Gasteiger partial charge in [-0.15, -0.1) is 0 Å². The van der Waals surface area contributed by atoms with E-state index in [0.717, 1.165) is 30.9 Å². The highest BCUT2D eigenvalue weighted by Crippen LogP contribution is 2.23. The number of nitrogens with one attached hydrogen (secondary N) is 1. The Morgan fingerprint density at radius 3 is 2.63 bits per heavy atom. The van der Waals surface area contributed by atoms with Gasteiger partial charge in [0.15, 0.2) is 0 Å². The summed E-state index contributed by atoms with van der Waals surface area (Å²) < 4.78 is 1.85. The molecule has 1 unspecified atom stereocenters. The maximum Gasteiger partial charge on any atom is 0.142 e. The Kier molecular flexibility index (Phi) is 6.52. The number of ketones is 1. The van der Waals surface area contributed by atoms with Crippen LogP contribution in [0.4, 0.5) is 0 Å².